The lowest BCUT2D eigenvalue weighted by atomic mass is 9.90. The number of likely N-dealkylation sites (tertiary alicyclic amines) is 1. The van der Waals surface area contributed by atoms with Crippen molar-refractivity contribution in [2.24, 2.45) is 11.8 Å². The van der Waals surface area contributed by atoms with Gasteiger partial charge in [-0.15, -0.1) is 0 Å². The summed E-state index contributed by atoms with van der Waals surface area (Å²) in [5.41, 5.74) is 0.169. The number of amides is 2. The van der Waals surface area contributed by atoms with E-state index in [9.17, 15) is 18.4 Å². The van der Waals surface area contributed by atoms with Gasteiger partial charge in [0.1, 0.15) is 5.78 Å². The first-order valence-electron chi connectivity index (χ1n) is 7.26. The molecule has 1 aromatic rings. The number of piperidine rings is 1. The number of urea groups is 1. The van der Waals surface area contributed by atoms with Crippen LogP contribution in [0.2, 0.25) is 0 Å². The van der Waals surface area contributed by atoms with Crippen LogP contribution in [-0.2, 0) is 10.7 Å². The Bertz CT molecular complexity index is 570. The van der Waals surface area contributed by atoms with Gasteiger partial charge in [0.05, 0.1) is 0 Å². The summed E-state index contributed by atoms with van der Waals surface area (Å²) < 4.78 is 26.6. The zero-order chi connectivity index (χ0) is 16.5. The van der Waals surface area contributed by atoms with E-state index in [0.29, 0.717) is 18.8 Å². The molecule has 2 amide bonds. The molecule has 0 aliphatic carbocycles. The third-order valence-electron chi connectivity index (χ3n) is 3.87. The van der Waals surface area contributed by atoms with Gasteiger partial charge in [-0.3, -0.25) is 4.79 Å². The van der Waals surface area contributed by atoms with E-state index in [0.717, 1.165) is 6.92 Å². The van der Waals surface area contributed by atoms with Crippen LogP contribution in [-0.4, -0.2) is 29.8 Å². The van der Waals surface area contributed by atoms with Crippen LogP contribution >= 0.6 is 0 Å². The van der Waals surface area contributed by atoms with Gasteiger partial charge in [-0.05, 0) is 12.1 Å². The molecule has 0 unspecified atom stereocenters. The minimum atomic E-state index is -2.96. The number of nitrogens with one attached hydrogen (secondary N) is 1. The van der Waals surface area contributed by atoms with E-state index in [1.54, 1.807) is 24.8 Å². The quantitative estimate of drug-likeness (QED) is 0.909. The van der Waals surface area contributed by atoms with Crippen LogP contribution in [0.5, 0.6) is 0 Å². The van der Waals surface area contributed by atoms with E-state index >= 15 is 0 Å². The zero-order valence-corrected chi connectivity index (χ0v) is 12.9. The number of rotatable bonds is 2. The molecule has 6 heteroatoms. The van der Waals surface area contributed by atoms with Gasteiger partial charge in [-0.25, -0.2) is 13.6 Å². The highest BCUT2D eigenvalue weighted by Gasteiger charge is 2.32. The Kier molecular flexibility index (Phi) is 4.49. The highest BCUT2D eigenvalue weighted by Crippen LogP contribution is 2.28. The second-order valence-corrected chi connectivity index (χ2v) is 6.01. The van der Waals surface area contributed by atoms with Crippen LogP contribution in [0, 0.1) is 11.8 Å². The number of alkyl halides is 2. The first-order valence-corrected chi connectivity index (χ1v) is 7.26. The monoisotopic (exact) mass is 310 g/mol. The molecule has 0 radical (unpaired) electrons. The van der Waals surface area contributed by atoms with E-state index in [1.165, 1.54) is 18.2 Å². The number of benzene rings is 1. The summed E-state index contributed by atoms with van der Waals surface area (Å²) in [7, 11) is 0. The molecule has 1 saturated heterocycles. The first-order chi connectivity index (χ1) is 10.2. The summed E-state index contributed by atoms with van der Waals surface area (Å²) in [6.45, 7) is 5.08. The van der Waals surface area contributed by atoms with Crippen molar-refractivity contribution in [1.82, 2.24) is 4.90 Å². The molecule has 0 aromatic heterocycles. The molecule has 0 spiro atoms. The molecular weight excluding hydrogens is 290 g/mol. The Hall–Kier alpha value is -1.98. The summed E-state index contributed by atoms with van der Waals surface area (Å²) in [4.78, 5) is 25.6. The lowest BCUT2D eigenvalue weighted by Gasteiger charge is -2.33. The van der Waals surface area contributed by atoms with Gasteiger partial charge in [0, 0.05) is 43.1 Å². The number of carbonyl (C=O) groups is 2. The average molecular weight is 310 g/mol. The summed E-state index contributed by atoms with van der Waals surface area (Å²) in [5.74, 6) is -3.22. The lowest BCUT2D eigenvalue weighted by molar-refractivity contribution is -0.129. The second kappa shape index (κ2) is 6.02. The molecule has 1 fully saturated rings. The molecule has 22 heavy (non-hydrogen) atoms. The number of ketones is 1. The Balaban J connectivity index is 2.08. The van der Waals surface area contributed by atoms with Crippen molar-refractivity contribution >= 4 is 17.5 Å². The van der Waals surface area contributed by atoms with Crippen molar-refractivity contribution in [2.75, 3.05) is 18.4 Å². The zero-order valence-electron chi connectivity index (χ0n) is 12.9. The Labute approximate surface area is 128 Å². The third kappa shape index (κ3) is 3.61. The molecule has 1 aromatic carbocycles. The predicted molar refractivity (Wildman–Crippen MR) is 79.9 cm³/mol. The van der Waals surface area contributed by atoms with Crippen LogP contribution in [0.3, 0.4) is 0 Å². The normalized spacial score (nSPS) is 22.6. The number of hydrogen-bond acceptors (Lipinski definition) is 2. The van der Waals surface area contributed by atoms with Gasteiger partial charge < -0.3 is 10.2 Å². The minimum absolute atomic E-state index is 0.150. The van der Waals surface area contributed by atoms with Crippen molar-refractivity contribution in [3.63, 3.8) is 0 Å². The van der Waals surface area contributed by atoms with Gasteiger partial charge in [0.25, 0.3) is 5.92 Å². The summed E-state index contributed by atoms with van der Waals surface area (Å²) in [5, 5.41) is 2.62. The number of Topliss-reactive ketones (excluding diaryl/α,β-unsaturated/α-hetero) is 1. The Morgan fingerprint density at radius 2 is 1.86 bits per heavy atom. The molecule has 4 nitrogen and oxygen atoms in total. The smallest absolute Gasteiger partial charge is 0.321 e. The van der Waals surface area contributed by atoms with Gasteiger partial charge in [-0.1, -0.05) is 26.0 Å². The van der Waals surface area contributed by atoms with Crippen molar-refractivity contribution in [3.8, 4) is 0 Å². The average Bonchev–Trinajstić information content (AvgIpc) is 2.43. The fourth-order valence-corrected chi connectivity index (χ4v) is 2.64. The molecule has 1 N–H and O–H groups in total. The van der Waals surface area contributed by atoms with Crippen molar-refractivity contribution in [3.05, 3.63) is 29.8 Å². The Morgan fingerprint density at radius 3 is 2.41 bits per heavy atom. The lowest BCUT2D eigenvalue weighted by Crippen LogP contribution is -2.49. The van der Waals surface area contributed by atoms with Crippen molar-refractivity contribution in [1.29, 1.82) is 0 Å². The number of halogens is 2. The summed E-state index contributed by atoms with van der Waals surface area (Å²) >= 11 is 0. The van der Waals surface area contributed by atoms with Gasteiger partial charge >= 0.3 is 6.03 Å². The number of nitrogens with zero attached hydrogens (tertiary/aromatic N) is 1. The largest absolute Gasteiger partial charge is 0.323 e. The summed E-state index contributed by atoms with van der Waals surface area (Å²) in [6.07, 6.45) is 0. The van der Waals surface area contributed by atoms with E-state index in [2.05, 4.69) is 5.32 Å². The van der Waals surface area contributed by atoms with Gasteiger partial charge in [0.15, 0.2) is 0 Å². The topological polar surface area (TPSA) is 49.4 Å². The number of hydrogen-bond donors (Lipinski definition) is 1. The maximum atomic E-state index is 13.3. The molecule has 0 saturated carbocycles. The fourth-order valence-electron chi connectivity index (χ4n) is 2.64. The fraction of sp³-hybridized carbons (Fsp3) is 0.500. The highest BCUT2D eigenvalue weighted by atomic mass is 19.3. The maximum Gasteiger partial charge on any atom is 0.321 e. The van der Waals surface area contributed by atoms with Crippen molar-refractivity contribution in [2.45, 2.75) is 26.7 Å². The minimum Gasteiger partial charge on any atom is -0.323 e. The molecule has 0 bridgehead atoms. The molecule has 2 rings (SSSR count). The Morgan fingerprint density at radius 1 is 1.27 bits per heavy atom. The molecule has 120 valence electrons. The van der Waals surface area contributed by atoms with Crippen LogP contribution in [0.15, 0.2) is 24.3 Å². The van der Waals surface area contributed by atoms with Crippen LogP contribution in [0.25, 0.3) is 0 Å². The SMILES string of the molecule is C[C@@H]1CN(C(=O)Nc2cccc(C(C)(F)F)c2)C[C@@H](C)C1=O. The van der Waals surface area contributed by atoms with Crippen LogP contribution < -0.4 is 5.32 Å². The molecule has 1 aliphatic heterocycles. The van der Waals surface area contributed by atoms with Crippen LogP contribution in [0.4, 0.5) is 19.3 Å². The van der Waals surface area contributed by atoms with Gasteiger partial charge in [-0.2, -0.15) is 0 Å². The van der Waals surface area contributed by atoms with E-state index in [-0.39, 0.29) is 29.2 Å². The predicted octanol–water partition coefficient (Wildman–Crippen LogP) is 3.49. The second-order valence-electron chi connectivity index (χ2n) is 6.01. The van der Waals surface area contributed by atoms with Crippen LogP contribution in [0.1, 0.15) is 26.3 Å². The number of anilines is 1. The van der Waals surface area contributed by atoms with E-state index in [1.807, 2.05) is 0 Å². The molecule has 2 atom stereocenters. The molecular formula is C16H20F2N2O2. The standard InChI is InChI=1S/C16H20F2N2O2/c1-10-8-20(9-11(2)14(10)21)15(22)19-13-6-4-5-12(7-13)16(3,17)18/h4-7,10-11H,8-9H2,1-3H3,(H,19,22)/t10-,11-/m1/s1. The van der Waals surface area contributed by atoms with Gasteiger partial charge in [0.2, 0.25) is 0 Å². The summed E-state index contributed by atoms with van der Waals surface area (Å²) in [6, 6.07) is 5.25. The molecule has 1 aliphatic rings. The number of carbonyl (C=O) groups excluding carboxylic acids is 2. The maximum absolute atomic E-state index is 13.3. The van der Waals surface area contributed by atoms with E-state index in [4.69, 9.17) is 0 Å². The highest BCUT2D eigenvalue weighted by molar-refractivity contribution is 5.92. The first kappa shape index (κ1) is 16.4. The molecule has 1 heterocycles. The third-order valence-corrected chi connectivity index (χ3v) is 3.87. The van der Waals surface area contributed by atoms with Crippen molar-refractivity contribution < 1.29 is 18.4 Å². The van der Waals surface area contributed by atoms with E-state index < -0.39 is 5.92 Å².